The molecule has 5 nitrogen and oxygen atoms in total. The van der Waals surface area contributed by atoms with Gasteiger partial charge in [-0.2, -0.15) is 0 Å². The molecule has 21 heavy (non-hydrogen) atoms. The average Bonchev–Trinajstić information content (AvgIpc) is 2.53. The van der Waals surface area contributed by atoms with E-state index >= 15 is 0 Å². The molecule has 0 spiro atoms. The second-order valence-electron chi connectivity index (χ2n) is 5.79. The number of fused-ring (bicyclic) bond motifs is 1. The van der Waals surface area contributed by atoms with Crippen molar-refractivity contribution in [1.29, 1.82) is 0 Å². The Bertz CT molecular complexity index is 558. The average molecular weight is 288 g/mol. The van der Waals surface area contributed by atoms with E-state index in [9.17, 15) is 14.7 Å². The normalized spacial score (nSPS) is 25.2. The van der Waals surface area contributed by atoms with Gasteiger partial charge >= 0.3 is 5.97 Å². The van der Waals surface area contributed by atoms with Crippen LogP contribution in [-0.4, -0.2) is 40.5 Å². The smallest absolute Gasteiger partial charge is 0.326 e. The van der Waals surface area contributed by atoms with Gasteiger partial charge in [-0.05, 0) is 36.8 Å². The third-order valence-electron chi connectivity index (χ3n) is 4.45. The molecule has 2 aliphatic rings. The van der Waals surface area contributed by atoms with E-state index in [4.69, 9.17) is 0 Å². The summed E-state index contributed by atoms with van der Waals surface area (Å²) >= 11 is 0. The molecule has 1 aromatic carbocycles. The van der Waals surface area contributed by atoms with Crippen molar-refractivity contribution in [3.63, 3.8) is 0 Å². The van der Waals surface area contributed by atoms with Gasteiger partial charge in [0.2, 0.25) is 5.91 Å². The standard InChI is InChI=1S/C16H20N2O3/c19-15(18-8-4-3-7-14(18)16(20)21)13-9-11-5-1-2-6-12(11)10-17-13/h1-2,5-6,13-14,17H,3-4,7-10H2,(H,20,21)/t13?,14-/m1/s1. The lowest BCUT2D eigenvalue weighted by molar-refractivity contribution is -0.153. The Balaban J connectivity index is 1.75. The van der Waals surface area contributed by atoms with Gasteiger partial charge < -0.3 is 15.3 Å². The van der Waals surface area contributed by atoms with Crippen LogP contribution in [0.5, 0.6) is 0 Å². The highest BCUT2D eigenvalue weighted by molar-refractivity contribution is 5.87. The van der Waals surface area contributed by atoms with E-state index in [1.807, 2.05) is 18.2 Å². The minimum absolute atomic E-state index is 0.0726. The number of carbonyl (C=O) groups is 2. The summed E-state index contributed by atoms with van der Waals surface area (Å²) in [4.78, 5) is 25.6. The van der Waals surface area contributed by atoms with E-state index in [2.05, 4.69) is 11.4 Å². The third kappa shape index (κ3) is 2.78. The Morgan fingerprint density at radius 2 is 1.95 bits per heavy atom. The van der Waals surface area contributed by atoms with Crippen molar-refractivity contribution < 1.29 is 14.7 Å². The number of hydrogen-bond acceptors (Lipinski definition) is 3. The topological polar surface area (TPSA) is 69.6 Å². The number of amides is 1. The molecule has 0 aliphatic carbocycles. The summed E-state index contributed by atoms with van der Waals surface area (Å²) < 4.78 is 0. The first-order chi connectivity index (χ1) is 10.2. The van der Waals surface area contributed by atoms with Crippen molar-refractivity contribution in [2.24, 2.45) is 0 Å². The number of piperidine rings is 1. The van der Waals surface area contributed by atoms with Gasteiger partial charge in [0.05, 0.1) is 6.04 Å². The number of aliphatic carboxylic acids is 1. The van der Waals surface area contributed by atoms with Crippen LogP contribution in [0.2, 0.25) is 0 Å². The van der Waals surface area contributed by atoms with Gasteiger partial charge in [-0.15, -0.1) is 0 Å². The summed E-state index contributed by atoms with van der Waals surface area (Å²) in [5.74, 6) is -0.962. The summed E-state index contributed by atoms with van der Waals surface area (Å²) in [5, 5.41) is 12.5. The van der Waals surface area contributed by atoms with E-state index in [1.165, 1.54) is 11.1 Å². The Kier molecular flexibility index (Phi) is 3.92. The minimum Gasteiger partial charge on any atom is -0.480 e. The van der Waals surface area contributed by atoms with Crippen LogP contribution < -0.4 is 5.32 Å². The molecule has 1 fully saturated rings. The monoisotopic (exact) mass is 288 g/mol. The summed E-state index contributed by atoms with van der Waals surface area (Å²) in [6.07, 6.45) is 2.96. The predicted octanol–water partition coefficient (Wildman–Crippen LogP) is 1.17. The predicted molar refractivity (Wildman–Crippen MR) is 77.8 cm³/mol. The number of likely N-dealkylation sites (tertiary alicyclic amines) is 1. The van der Waals surface area contributed by atoms with Gasteiger partial charge in [0.25, 0.3) is 0 Å². The van der Waals surface area contributed by atoms with Crippen LogP contribution in [0, 0.1) is 0 Å². The van der Waals surface area contributed by atoms with Crippen LogP contribution >= 0.6 is 0 Å². The molecule has 1 saturated heterocycles. The van der Waals surface area contributed by atoms with Gasteiger partial charge in [0.15, 0.2) is 0 Å². The number of rotatable bonds is 2. The number of carboxylic acid groups (broad SMARTS) is 1. The number of carbonyl (C=O) groups excluding carboxylic acids is 1. The zero-order valence-electron chi connectivity index (χ0n) is 11.9. The molecule has 2 aliphatic heterocycles. The molecule has 112 valence electrons. The van der Waals surface area contributed by atoms with Crippen LogP contribution in [0.25, 0.3) is 0 Å². The van der Waals surface area contributed by atoms with Gasteiger partial charge in [-0.1, -0.05) is 24.3 Å². The van der Waals surface area contributed by atoms with E-state index in [0.717, 1.165) is 12.8 Å². The van der Waals surface area contributed by atoms with E-state index < -0.39 is 12.0 Å². The number of carboxylic acids is 1. The second kappa shape index (κ2) is 5.85. The SMILES string of the molecule is O=C(O)[C@H]1CCCCN1C(=O)C1Cc2ccccc2CN1. The largest absolute Gasteiger partial charge is 0.480 e. The molecule has 1 amide bonds. The van der Waals surface area contributed by atoms with Crippen molar-refractivity contribution in [2.45, 2.75) is 44.3 Å². The molecule has 5 heteroatoms. The minimum atomic E-state index is -0.890. The van der Waals surface area contributed by atoms with Crippen molar-refractivity contribution >= 4 is 11.9 Å². The lowest BCUT2D eigenvalue weighted by Crippen LogP contribution is -2.56. The molecule has 0 radical (unpaired) electrons. The Morgan fingerprint density at radius 3 is 2.71 bits per heavy atom. The third-order valence-corrected chi connectivity index (χ3v) is 4.45. The maximum Gasteiger partial charge on any atom is 0.326 e. The first-order valence-electron chi connectivity index (χ1n) is 7.50. The summed E-state index contributed by atoms with van der Waals surface area (Å²) in [6, 6.07) is 7.11. The zero-order valence-corrected chi connectivity index (χ0v) is 11.9. The lowest BCUT2D eigenvalue weighted by Gasteiger charge is -2.37. The van der Waals surface area contributed by atoms with Crippen LogP contribution in [0.15, 0.2) is 24.3 Å². The van der Waals surface area contributed by atoms with E-state index in [-0.39, 0.29) is 11.9 Å². The van der Waals surface area contributed by atoms with Crippen molar-refractivity contribution in [3.05, 3.63) is 35.4 Å². The maximum absolute atomic E-state index is 12.7. The summed E-state index contributed by atoms with van der Waals surface area (Å²) in [6.45, 7) is 1.22. The molecule has 0 bridgehead atoms. The molecule has 0 saturated carbocycles. The Hall–Kier alpha value is -1.88. The first-order valence-corrected chi connectivity index (χ1v) is 7.50. The zero-order chi connectivity index (χ0) is 14.8. The highest BCUT2D eigenvalue weighted by Gasteiger charge is 2.36. The fraction of sp³-hybridized carbons (Fsp3) is 0.500. The summed E-state index contributed by atoms with van der Waals surface area (Å²) in [7, 11) is 0. The van der Waals surface area contributed by atoms with Crippen molar-refractivity contribution in [1.82, 2.24) is 10.2 Å². The number of nitrogens with zero attached hydrogens (tertiary/aromatic N) is 1. The molecule has 0 aromatic heterocycles. The lowest BCUT2D eigenvalue weighted by atomic mass is 9.93. The Labute approximate surface area is 123 Å². The molecular weight excluding hydrogens is 268 g/mol. The summed E-state index contributed by atoms with van der Waals surface area (Å²) in [5.41, 5.74) is 2.40. The van der Waals surface area contributed by atoms with Gasteiger partial charge in [0.1, 0.15) is 6.04 Å². The molecule has 2 N–H and O–H groups in total. The molecule has 1 aromatic rings. The molecule has 1 unspecified atom stereocenters. The van der Waals surface area contributed by atoms with Crippen LogP contribution in [0.4, 0.5) is 0 Å². The van der Waals surface area contributed by atoms with Crippen molar-refractivity contribution in [3.8, 4) is 0 Å². The van der Waals surface area contributed by atoms with Gasteiger partial charge in [-0.25, -0.2) is 4.79 Å². The van der Waals surface area contributed by atoms with Crippen LogP contribution in [0.1, 0.15) is 30.4 Å². The molecule has 3 rings (SSSR count). The van der Waals surface area contributed by atoms with E-state index in [1.54, 1.807) is 4.90 Å². The number of hydrogen-bond donors (Lipinski definition) is 2. The highest BCUT2D eigenvalue weighted by atomic mass is 16.4. The van der Waals surface area contributed by atoms with Gasteiger partial charge in [0, 0.05) is 13.1 Å². The van der Waals surface area contributed by atoms with Crippen LogP contribution in [-0.2, 0) is 22.6 Å². The highest BCUT2D eigenvalue weighted by Crippen LogP contribution is 2.22. The second-order valence-corrected chi connectivity index (χ2v) is 5.79. The molecular formula is C16H20N2O3. The maximum atomic E-state index is 12.7. The fourth-order valence-electron chi connectivity index (χ4n) is 3.28. The molecule has 2 heterocycles. The van der Waals surface area contributed by atoms with Crippen LogP contribution in [0.3, 0.4) is 0 Å². The first kappa shape index (κ1) is 14.1. The Morgan fingerprint density at radius 1 is 1.19 bits per heavy atom. The molecule has 2 atom stereocenters. The number of benzene rings is 1. The number of nitrogens with one attached hydrogen (secondary N) is 1. The van der Waals surface area contributed by atoms with Gasteiger partial charge in [-0.3, -0.25) is 4.79 Å². The van der Waals surface area contributed by atoms with E-state index in [0.29, 0.717) is 25.9 Å². The quantitative estimate of drug-likeness (QED) is 0.857. The fourth-order valence-corrected chi connectivity index (χ4v) is 3.28. The van der Waals surface area contributed by atoms with Crippen molar-refractivity contribution in [2.75, 3.05) is 6.54 Å².